The molecule has 5 nitrogen and oxygen atoms in total. The predicted octanol–water partition coefficient (Wildman–Crippen LogP) is 12.4. The highest BCUT2D eigenvalue weighted by atomic mass is 15.0. The van der Waals surface area contributed by atoms with Crippen molar-refractivity contribution in [3.63, 3.8) is 0 Å². The van der Waals surface area contributed by atoms with Crippen LogP contribution in [0.15, 0.2) is 176 Å². The largest absolute Gasteiger partial charge is 0.309 e. The van der Waals surface area contributed by atoms with Gasteiger partial charge in [-0.05, 0) is 72.3 Å². The van der Waals surface area contributed by atoms with E-state index in [0.29, 0.717) is 11.1 Å². The molecule has 0 atom stereocenters. The summed E-state index contributed by atoms with van der Waals surface area (Å²) in [6.45, 7) is 0. The van der Waals surface area contributed by atoms with Crippen LogP contribution < -0.4 is 0 Å². The molecule has 11 rings (SSSR count). The van der Waals surface area contributed by atoms with Crippen molar-refractivity contribution in [2.45, 2.75) is 0 Å². The predicted molar refractivity (Wildman–Crippen MR) is 224 cm³/mol. The summed E-state index contributed by atoms with van der Waals surface area (Å²) in [4.78, 5) is 0. The number of rotatable bonds is 4. The lowest BCUT2D eigenvalue weighted by Gasteiger charge is -2.16. The quantitative estimate of drug-likeness (QED) is 0.184. The molecule has 0 spiro atoms. The van der Waals surface area contributed by atoms with Gasteiger partial charge in [-0.1, -0.05) is 109 Å². The molecule has 8 aromatic carbocycles. The smallest absolute Gasteiger partial charge is 0.101 e. The zero-order valence-corrected chi connectivity index (χ0v) is 29.5. The summed E-state index contributed by atoms with van der Waals surface area (Å²) in [5.41, 5.74) is 12.4. The van der Waals surface area contributed by atoms with Gasteiger partial charge in [-0.25, -0.2) is 0 Å². The Hall–Kier alpha value is -7.86. The Balaban J connectivity index is 1.14. The number of nitrogens with zero attached hydrogens (tertiary/aromatic N) is 5. The van der Waals surface area contributed by atoms with Crippen LogP contribution in [0.1, 0.15) is 11.1 Å². The minimum absolute atomic E-state index is 0.549. The van der Waals surface area contributed by atoms with Crippen LogP contribution in [0.5, 0.6) is 0 Å². The normalized spacial score (nSPS) is 11.6. The van der Waals surface area contributed by atoms with Gasteiger partial charge in [0.15, 0.2) is 0 Å². The molecule has 0 bridgehead atoms. The van der Waals surface area contributed by atoms with Crippen LogP contribution in [-0.2, 0) is 0 Å². The summed E-state index contributed by atoms with van der Waals surface area (Å²) in [5, 5.41) is 27.4. The number of hydrogen-bond acceptors (Lipinski definition) is 2. The second kappa shape index (κ2) is 11.8. The number of para-hydroxylation sites is 5. The Morgan fingerprint density at radius 1 is 0.345 bits per heavy atom. The number of nitriles is 2. The summed E-state index contributed by atoms with van der Waals surface area (Å²) >= 11 is 0. The standard InChI is InChI=1S/C50H29N5/c51-30-33-12-11-23-48-50(33)41-17-5-10-22-47(41)54(48)42-27-24-32(28-34(42)31-52)36-13-1-6-18-43(36)55-46-21-9-4-16-39(46)40-26-25-35(29-49(40)55)53-44-19-7-2-14-37(44)38-15-3-8-20-45(38)53/h1-29H. The first-order valence-electron chi connectivity index (χ1n) is 18.3. The third-order valence-corrected chi connectivity index (χ3v) is 11.1. The van der Waals surface area contributed by atoms with Gasteiger partial charge >= 0.3 is 0 Å². The van der Waals surface area contributed by atoms with Crippen LogP contribution in [0.3, 0.4) is 0 Å². The van der Waals surface area contributed by atoms with E-state index in [1.54, 1.807) is 0 Å². The monoisotopic (exact) mass is 699 g/mol. The van der Waals surface area contributed by atoms with E-state index in [9.17, 15) is 10.5 Å². The molecular formula is C50H29N5. The van der Waals surface area contributed by atoms with Crippen LogP contribution in [0.4, 0.5) is 0 Å². The first kappa shape index (κ1) is 30.7. The van der Waals surface area contributed by atoms with Crippen LogP contribution in [0.25, 0.3) is 93.6 Å². The maximum atomic E-state index is 10.7. The topological polar surface area (TPSA) is 62.4 Å². The molecule has 0 saturated heterocycles. The minimum Gasteiger partial charge on any atom is -0.309 e. The lowest BCUT2D eigenvalue weighted by atomic mass is 10.00. The van der Waals surface area contributed by atoms with E-state index in [4.69, 9.17) is 0 Å². The van der Waals surface area contributed by atoms with E-state index in [-0.39, 0.29) is 0 Å². The van der Waals surface area contributed by atoms with Crippen LogP contribution in [0.2, 0.25) is 0 Å². The van der Waals surface area contributed by atoms with Crippen molar-refractivity contribution in [3.05, 3.63) is 187 Å². The maximum absolute atomic E-state index is 10.7. The molecule has 0 fully saturated rings. The molecule has 0 aliphatic carbocycles. The van der Waals surface area contributed by atoms with Crippen molar-refractivity contribution >= 4 is 65.4 Å². The summed E-state index contributed by atoms with van der Waals surface area (Å²) in [5.74, 6) is 0. The molecule has 3 heterocycles. The van der Waals surface area contributed by atoms with Gasteiger partial charge in [-0.2, -0.15) is 10.5 Å². The number of aromatic nitrogens is 3. The summed E-state index contributed by atoms with van der Waals surface area (Å²) in [6, 6.07) is 66.0. The van der Waals surface area contributed by atoms with Gasteiger partial charge in [0.1, 0.15) is 6.07 Å². The van der Waals surface area contributed by atoms with Gasteiger partial charge in [0.25, 0.3) is 0 Å². The van der Waals surface area contributed by atoms with Crippen molar-refractivity contribution in [2.75, 3.05) is 0 Å². The SMILES string of the molecule is N#Cc1cc(-c2ccccc2-n2c3ccccc3c3ccc(-n4c5ccccc5c5ccccc54)cc32)ccc1-n1c2ccccc2c2c(C#N)cccc21. The van der Waals surface area contributed by atoms with Gasteiger partial charge in [-0.15, -0.1) is 0 Å². The van der Waals surface area contributed by atoms with Gasteiger partial charge in [0.2, 0.25) is 0 Å². The molecule has 5 heteroatoms. The summed E-state index contributed by atoms with van der Waals surface area (Å²) in [6.07, 6.45) is 0. The number of fused-ring (bicyclic) bond motifs is 9. The van der Waals surface area contributed by atoms with E-state index < -0.39 is 0 Å². The van der Waals surface area contributed by atoms with Crippen molar-refractivity contribution in [3.8, 4) is 40.3 Å². The Kier molecular flexibility index (Phi) is 6.61. The van der Waals surface area contributed by atoms with Crippen molar-refractivity contribution in [2.24, 2.45) is 0 Å². The molecule has 0 N–H and O–H groups in total. The molecule has 0 amide bonds. The zero-order chi connectivity index (χ0) is 36.6. The molecule has 0 aliphatic rings. The third-order valence-electron chi connectivity index (χ3n) is 11.1. The molecule has 0 radical (unpaired) electrons. The minimum atomic E-state index is 0.549. The van der Waals surface area contributed by atoms with Crippen molar-refractivity contribution in [1.82, 2.24) is 13.7 Å². The van der Waals surface area contributed by atoms with Crippen molar-refractivity contribution < 1.29 is 0 Å². The van der Waals surface area contributed by atoms with Crippen LogP contribution in [-0.4, -0.2) is 13.7 Å². The Bertz CT molecular complexity index is 3420. The van der Waals surface area contributed by atoms with Gasteiger partial charge < -0.3 is 13.7 Å². The number of benzene rings is 8. The van der Waals surface area contributed by atoms with Gasteiger partial charge in [0.05, 0.1) is 61.7 Å². The lowest BCUT2D eigenvalue weighted by molar-refractivity contribution is 1.15. The van der Waals surface area contributed by atoms with E-state index in [0.717, 1.165) is 61.0 Å². The van der Waals surface area contributed by atoms with E-state index >= 15 is 0 Å². The molecule has 3 aromatic heterocycles. The average molecular weight is 700 g/mol. The fourth-order valence-corrected chi connectivity index (χ4v) is 8.83. The third kappa shape index (κ3) is 4.39. The first-order valence-corrected chi connectivity index (χ1v) is 18.3. The molecule has 11 aromatic rings. The first-order chi connectivity index (χ1) is 27.2. The Morgan fingerprint density at radius 2 is 0.873 bits per heavy atom. The second-order valence-electron chi connectivity index (χ2n) is 13.9. The molecule has 0 saturated carbocycles. The lowest BCUT2D eigenvalue weighted by Crippen LogP contribution is -2.00. The van der Waals surface area contributed by atoms with Gasteiger partial charge in [-0.3, -0.25) is 0 Å². The van der Waals surface area contributed by atoms with Crippen molar-refractivity contribution in [1.29, 1.82) is 10.5 Å². The molecule has 0 unspecified atom stereocenters. The fraction of sp³-hybridized carbons (Fsp3) is 0. The molecular weight excluding hydrogens is 671 g/mol. The summed E-state index contributed by atoms with van der Waals surface area (Å²) < 4.78 is 6.85. The van der Waals surface area contributed by atoms with Gasteiger partial charge in [0, 0.05) is 43.6 Å². The fourth-order valence-electron chi connectivity index (χ4n) is 8.83. The average Bonchev–Trinajstić information content (AvgIpc) is 3.89. The van der Waals surface area contributed by atoms with Crippen LogP contribution >= 0.6 is 0 Å². The highest BCUT2D eigenvalue weighted by molar-refractivity contribution is 6.13. The Morgan fingerprint density at radius 3 is 1.55 bits per heavy atom. The van der Waals surface area contributed by atoms with E-state index in [2.05, 4.69) is 153 Å². The summed E-state index contributed by atoms with van der Waals surface area (Å²) in [7, 11) is 0. The molecule has 254 valence electrons. The highest BCUT2D eigenvalue weighted by Crippen LogP contribution is 2.40. The van der Waals surface area contributed by atoms with E-state index in [1.807, 2.05) is 48.5 Å². The number of hydrogen-bond donors (Lipinski definition) is 0. The zero-order valence-electron chi connectivity index (χ0n) is 29.5. The Labute approximate surface area is 316 Å². The molecule has 55 heavy (non-hydrogen) atoms. The highest BCUT2D eigenvalue weighted by Gasteiger charge is 2.21. The second-order valence-corrected chi connectivity index (χ2v) is 13.9. The van der Waals surface area contributed by atoms with E-state index in [1.165, 1.54) is 32.6 Å². The maximum Gasteiger partial charge on any atom is 0.101 e. The molecule has 0 aliphatic heterocycles. The van der Waals surface area contributed by atoms with Crippen LogP contribution in [0, 0.1) is 22.7 Å².